The fraction of sp³-hybridized carbons (Fsp3) is 0.133. The Hall–Kier alpha value is -2.12. The first-order valence-corrected chi connectivity index (χ1v) is 8.43. The zero-order valence-corrected chi connectivity index (χ0v) is 13.4. The second kappa shape index (κ2) is 6.76. The van der Waals surface area contributed by atoms with Crippen molar-refractivity contribution in [3.05, 3.63) is 46.2 Å². The molecule has 0 spiro atoms. The number of carbonyl (C=O) groups is 1. The summed E-state index contributed by atoms with van der Waals surface area (Å²) in [5.74, 6) is 0.00541. The summed E-state index contributed by atoms with van der Waals surface area (Å²) in [5, 5.41) is 6.42. The Balaban J connectivity index is 1.52. The molecule has 1 aromatic carbocycles. The van der Waals surface area contributed by atoms with E-state index in [1.165, 1.54) is 11.8 Å². The van der Waals surface area contributed by atoms with E-state index in [1.54, 1.807) is 17.6 Å². The Bertz CT molecular complexity index is 790. The lowest BCUT2D eigenvalue weighted by Crippen LogP contribution is -2.19. The van der Waals surface area contributed by atoms with Gasteiger partial charge in [0.1, 0.15) is 5.52 Å². The molecular formula is C15H13N3O2S2. The second-order valence-corrected chi connectivity index (χ2v) is 6.37. The molecule has 0 aliphatic rings. The van der Waals surface area contributed by atoms with Crippen molar-refractivity contribution in [1.82, 2.24) is 10.4 Å². The summed E-state index contributed by atoms with van der Waals surface area (Å²) in [4.78, 5) is 17.1. The first-order valence-electron chi connectivity index (χ1n) is 6.57. The van der Waals surface area contributed by atoms with Gasteiger partial charge in [-0.25, -0.2) is 10.4 Å². The highest BCUT2D eigenvalue weighted by atomic mass is 32.2. The number of oxazole rings is 1. The van der Waals surface area contributed by atoms with Crippen LogP contribution in [0.5, 0.6) is 0 Å². The van der Waals surface area contributed by atoms with Crippen LogP contribution in [0.3, 0.4) is 0 Å². The predicted octanol–water partition coefficient (Wildman–Crippen LogP) is 3.44. The van der Waals surface area contributed by atoms with Crippen molar-refractivity contribution < 1.29 is 9.21 Å². The van der Waals surface area contributed by atoms with Crippen molar-refractivity contribution in [2.24, 2.45) is 5.10 Å². The molecule has 0 aliphatic carbocycles. The van der Waals surface area contributed by atoms with Gasteiger partial charge in [0, 0.05) is 4.88 Å². The number of hydrogen-bond donors (Lipinski definition) is 1. The van der Waals surface area contributed by atoms with Crippen LogP contribution in [-0.4, -0.2) is 22.9 Å². The summed E-state index contributed by atoms with van der Waals surface area (Å²) in [6.45, 7) is 2.00. The molecule has 0 radical (unpaired) electrons. The van der Waals surface area contributed by atoms with Gasteiger partial charge >= 0.3 is 0 Å². The molecule has 3 rings (SSSR count). The van der Waals surface area contributed by atoms with Gasteiger partial charge in [0.25, 0.3) is 11.1 Å². The number of aryl methyl sites for hydroxylation is 1. The van der Waals surface area contributed by atoms with Crippen LogP contribution >= 0.6 is 23.1 Å². The fourth-order valence-electron chi connectivity index (χ4n) is 1.75. The maximum atomic E-state index is 11.7. The molecule has 1 N–H and O–H groups in total. The molecule has 22 heavy (non-hydrogen) atoms. The topological polar surface area (TPSA) is 67.5 Å². The van der Waals surface area contributed by atoms with Gasteiger partial charge in [-0.3, -0.25) is 4.79 Å². The Morgan fingerprint density at radius 2 is 2.32 bits per heavy atom. The molecule has 5 nitrogen and oxygen atoms in total. The highest BCUT2D eigenvalue weighted by Gasteiger charge is 2.08. The second-order valence-electron chi connectivity index (χ2n) is 4.50. The Morgan fingerprint density at radius 3 is 3.09 bits per heavy atom. The van der Waals surface area contributed by atoms with Gasteiger partial charge < -0.3 is 4.42 Å². The van der Waals surface area contributed by atoms with Crippen molar-refractivity contribution in [3.63, 3.8) is 0 Å². The maximum Gasteiger partial charge on any atom is 0.257 e. The number of fused-ring (bicyclic) bond motifs is 1. The molecule has 7 heteroatoms. The van der Waals surface area contributed by atoms with Crippen molar-refractivity contribution >= 4 is 46.3 Å². The van der Waals surface area contributed by atoms with Crippen LogP contribution in [0.2, 0.25) is 0 Å². The molecule has 0 bridgehead atoms. The van der Waals surface area contributed by atoms with Crippen molar-refractivity contribution in [2.75, 3.05) is 5.75 Å². The molecule has 0 saturated carbocycles. The number of nitrogens with zero attached hydrogens (tertiary/aromatic N) is 2. The molecule has 112 valence electrons. The van der Waals surface area contributed by atoms with E-state index < -0.39 is 0 Å². The Kier molecular flexibility index (Phi) is 4.55. The lowest BCUT2D eigenvalue weighted by molar-refractivity contribution is -0.118. The molecular weight excluding hydrogens is 318 g/mol. The van der Waals surface area contributed by atoms with Crippen LogP contribution in [0, 0.1) is 6.92 Å². The van der Waals surface area contributed by atoms with Crippen molar-refractivity contribution in [3.8, 4) is 0 Å². The standard InChI is InChI=1S/C15H13N3O2S2/c1-10-6-7-21-13(10)8-16-18-14(19)9-22-15-17-11-4-2-3-5-12(11)20-15/h2-8H,9H2,1H3,(H,18,19). The van der Waals surface area contributed by atoms with Gasteiger partial charge in [-0.2, -0.15) is 5.10 Å². The molecule has 0 unspecified atom stereocenters. The van der Waals surface area contributed by atoms with E-state index in [-0.39, 0.29) is 11.7 Å². The van der Waals surface area contributed by atoms with E-state index >= 15 is 0 Å². The highest BCUT2D eigenvalue weighted by molar-refractivity contribution is 7.99. The molecule has 2 heterocycles. The number of thioether (sulfide) groups is 1. The molecule has 3 aromatic rings. The number of hydrazone groups is 1. The number of hydrogen-bond acceptors (Lipinski definition) is 6. The normalized spacial score (nSPS) is 11.3. The highest BCUT2D eigenvalue weighted by Crippen LogP contribution is 2.22. The minimum Gasteiger partial charge on any atom is -0.431 e. The van der Waals surface area contributed by atoms with E-state index in [0.717, 1.165) is 21.5 Å². The Labute approximate surface area is 135 Å². The third-order valence-corrected chi connectivity index (χ3v) is 4.66. The lowest BCUT2D eigenvalue weighted by Gasteiger charge is -1.96. The molecule has 1 amide bonds. The van der Waals surface area contributed by atoms with E-state index in [1.807, 2.05) is 42.6 Å². The maximum absolute atomic E-state index is 11.7. The summed E-state index contributed by atoms with van der Waals surface area (Å²) in [7, 11) is 0. The number of rotatable bonds is 5. The number of thiophene rings is 1. The summed E-state index contributed by atoms with van der Waals surface area (Å²) in [6, 6.07) is 9.51. The zero-order chi connectivity index (χ0) is 15.4. The average molecular weight is 331 g/mol. The van der Waals surface area contributed by atoms with Crippen LogP contribution in [-0.2, 0) is 4.79 Å². The first kappa shape index (κ1) is 14.8. The van der Waals surface area contributed by atoms with E-state index in [4.69, 9.17) is 4.42 Å². The van der Waals surface area contributed by atoms with Crippen LogP contribution < -0.4 is 5.43 Å². The quantitative estimate of drug-likeness (QED) is 0.442. The van der Waals surface area contributed by atoms with Gasteiger partial charge in [0.15, 0.2) is 5.58 Å². The monoisotopic (exact) mass is 331 g/mol. The van der Waals surface area contributed by atoms with Gasteiger partial charge in [0.05, 0.1) is 12.0 Å². The lowest BCUT2D eigenvalue weighted by atomic mass is 10.3. The average Bonchev–Trinajstić information content (AvgIpc) is 3.11. The van der Waals surface area contributed by atoms with Crippen LogP contribution in [0.15, 0.2) is 50.5 Å². The molecule has 0 atom stereocenters. The van der Waals surface area contributed by atoms with Crippen LogP contribution in [0.1, 0.15) is 10.4 Å². The number of amides is 1. The zero-order valence-electron chi connectivity index (χ0n) is 11.8. The van der Waals surface area contributed by atoms with Crippen molar-refractivity contribution in [1.29, 1.82) is 0 Å². The summed E-state index contributed by atoms with van der Waals surface area (Å²) >= 11 is 2.83. The number of para-hydroxylation sites is 2. The predicted molar refractivity (Wildman–Crippen MR) is 89.5 cm³/mol. The molecule has 0 saturated heterocycles. The third-order valence-electron chi connectivity index (χ3n) is 2.87. The van der Waals surface area contributed by atoms with E-state index in [9.17, 15) is 4.79 Å². The first-order chi connectivity index (χ1) is 10.7. The minimum absolute atomic E-state index is 0.197. The minimum atomic E-state index is -0.197. The summed E-state index contributed by atoms with van der Waals surface area (Å²) in [6.07, 6.45) is 1.65. The summed E-state index contributed by atoms with van der Waals surface area (Å²) in [5.41, 5.74) is 5.15. The molecule has 0 fully saturated rings. The van der Waals surface area contributed by atoms with Crippen LogP contribution in [0.25, 0.3) is 11.1 Å². The molecule has 2 aromatic heterocycles. The van der Waals surface area contributed by atoms with E-state index in [2.05, 4.69) is 15.5 Å². The van der Waals surface area contributed by atoms with E-state index in [0.29, 0.717) is 5.22 Å². The number of carbonyl (C=O) groups excluding carboxylic acids is 1. The van der Waals surface area contributed by atoms with Gasteiger partial charge in [-0.15, -0.1) is 11.3 Å². The summed E-state index contributed by atoms with van der Waals surface area (Å²) < 4.78 is 5.53. The van der Waals surface area contributed by atoms with Gasteiger partial charge in [-0.05, 0) is 36.1 Å². The number of aromatic nitrogens is 1. The third kappa shape index (κ3) is 3.55. The fourth-order valence-corrected chi connectivity index (χ4v) is 3.17. The number of nitrogens with one attached hydrogen (secondary N) is 1. The van der Waals surface area contributed by atoms with Gasteiger partial charge in [0.2, 0.25) is 0 Å². The smallest absolute Gasteiger partial charge is 0.257 e. The largest absolute Gasteiger partial charge is 0.431 e. The van der Waals surface area contributed by atoms with Crippen molar-refractivity contribution in [2.45, 2.75) is 12.1 Å². The van der Waals surface area contributed by atoms with Gasteiger partial charge in [-0.1, -0.05) is 23.9 Å². The van der Waals surface area contributed by atoms with Crippen LogP contribution in [0.4, 0.5) is 0 Å². The molecule has 0 aliphatic heterocycles. The Morgan fingerprint density at radius 1 is 1.45 bits per heavy atom. The number of benzene rings is 1. The SMILES string of the molecule is Cc1ccsc1C=NNC(=O)CSc1nc2ccccc2o1.